The summed E-state index contributed by atoms with van der Waals surface area (Å²) in [5, 5.41) is 0. The van der Waals surface area contributed by atoms with Crippen molar-refractivity contribution in [3.8, 4) is 23.8 Å². The highest BCUT2D eigenvalue weighted by Crippen LogP contribution is 1.60. The van der Waals surface area contributed by atoms with Gasteiger partial charge in [-0.05, 0) is 12.0 Å². The van der Waals surface area contributed by atoms with Crippen molar-refractivity contribution in [3.05, 3.63) is 12.0 Å². The highest BCUT2D eigenvalue weighted by Gasteiger charge is 1.53. The van der Waals surface area contributed by atoms with E-state index in [2.05, 4.69) is 40.6 Å². The molecule has 0 spiro atoms. The molecule has 3 heteroatoms. The minimum Gasteiger partial charge on any atom is -0.128 e. The summed E-state index contributed by atoms with van der Waals surface area (Å²) in [6, 6.07) is 2.22. The fraction of sp³-hybridized carbons (Fsp3) is 0. The molecule has 0 atom stereocenters. The van der Waals surface area contributed by atoms with Crippen molar-refractivity contribution in [1.29, 1.82) is 0 Å². The van der Waals surface area contributed by atoms with Gasteiger partial charge in [0.2, 0.25) is 0 Å². The first-order valence-electron chi connectivity index (χ1n) is 2.53. The number of hydrogen-bond donors (Lipinski definition) is 0. The average Bonchev–Trinajstić information content (AvgIpc) is 1.98. The van der Waals surface area contributed by atoms with Crippen LogP contribution in [-0.2, 0) is 12.4 Å². The Morgan fingerprint density at radius 3 is 3.00 bits per heavy atom. The van der Waals surface area contributed by atoms with Gasteiger partial charge in [-0.25, -0.2) is 0 Å². The second kappa shape index (κ2) is 6.94. The Morgan fingerprint density at radius 2 is 2.44 bits per heavy atom. The van der Waals surface area contributed by atoms with Crippen molar-refractivity contribution in [3.63, 3.8) is 0 Å². The molecule has 0 saturated heterocycles. The van der Waals surface area contributed by atoms with Crippen molar-refractivity contribution in [2.24, 2.45) is 4.36 Å². The smallest absolute Gasteiger partial charge is 0.103 e. The monoisotopic (exact) mass is 132 g/mol. The molecule has 0 N–H and O–H groups in total. The molecule has 0 aromatic rings. The molecule has 9 heavy (non-hydrogen) atoms. The molecule has 0 rings (SSSR count). The molecule has 0 heterocycles. The van der Waals surface area contributed by atoms with Crippen LogP contribution in [0.5, 0.6) is 0 Å². The second-order valence-electron chi connectivity index (χ2n) is 0.889. The van der Waals surface area contributed by atoms with Crippen molar-refractivity contribution < 1.29 is 1.37 Å². The number of hydrogen-bond acceptors (Lipinski definition) is 2. The first-order chi connectivity index (χ1) is 4.81. The second-order valence-corrected chi connectivity index (χ2v) is 1.07. The molecule has 1 nitrogen and oxygen atoms in total. The van der Waals surface area contributed by atoms with Gasteiger partial charge in [0.15, 0.2) is 0 Å². The van der Waals surface area contributed by atoms with E-state index in [1.165, 1.54) is 0 Å². The van der Waals surface area contributed by atoms with Crippen LogP contribution in [0.4, 0.5) is 0 Å². The van der Waals surface area contributed by atoms with Gasteiger partial charge in [-0.15, -0.1) is 10.3 Å². The maximum absolute atomic E-state index is 6.89. The maximum Gasteiger partial charge on any atom is 0.103 e. The van der Waals surface area contributed by atoms with Crippen LogP contribution in [0.25, 0.3) is 0 Å². The first-order valence-corrected chi connectivity index (χ1v) is 2.39. The van der Waals surface area contributed by atoms with Crippen molar-refractivity contribution in [2.75, 3.05) is 0 Å². The van der Waals surface area contributed by atoms with Crippen LogP contribution in [0.15, 0.2) is 16.4 Å². The van der Waals surface area contributed by atoms with Crippen LogP contribution in [0.3, 0.4) is 0 Å². The summed E-state index contributed by atoms with van der Waals surface area (Å²) in [7, 11) is 4.94. The van der Waals surface area contributed by atoms with Gasteiger partial charge in [-0.1, -0.05) is 5.92 Å². The van der Waals surface area contributed by atoms with Gasteiger partial charge in [-0.3, -0.25) is 0 Å². The Kier molecular flexibility index (Phi) is 4.68. The number of allylic oxidation sites excluding steroid dienone is 1. The molecule has 0 saturated carbocycles. The van der Waals surface area contributed by atoms with E-state index >= 15 is 0 Å². The minimum absolute atomic E-state index is 0.0265. The van der Waals surface area contributed by atoms with E-state index in [1.54, 1.807) is 0 Å². The number of nitrogens with zero attached hydrogens (tertiary/aromatic N) is 1. The Morgan fingerprint density at radius 1 is 1.67 bits per heavy atom. The van der Waals surface area contributed by atoms with Crippen molar-refractivity contribution >= 4 is 20.3 Å². The largest absolute Gasteiger partial charge is 0.128 e. The molecular weight excluding hydrogens is 129 g/mol. The quantitative estimate of drug-likeness (QED) is 0.342. The molecule has 2 radical (unpaired) electrons. The van der Waals surface area contributed by atoms with Gasteiger partial charge in [0, 0.05) is 5.92 Å². The summed E-state index contributed by atoms with van der Waals surface area (Å²) >= 11 is 4.16. The third kappa shape index (κ3) is 6.94. The minimum atomic E-state index is 0.0265. The molecule has 0 aliphatic carbocycles. The van der Waals surface area contributed by atoms with E-state index < -0.39 is 0 Å². The molecule has 40 valence electrons. The summed E-state index contributed by atoms with van der Waals surface area (Å²) in [6.45, 7) is 0. The standard InChI is InChI=1S/C6H2BNS/c7-5-3-1-2-4-6-8-9/h3,5H/i3D. The lowest BCUT2D eigenvalue weighted by molar-refractivity contribution is 1.80. The molecule has 0 unspecified atom stereocenters. The molecule has 0 amide bonds. The fourth-order valence-corrected chi connectivity index (χ4v) is 0.205. The first kappa shape index (κ1) is 6.07. The van der Waals surface area contributed by atoms with Crippen molar-refractivity contribution in [1.82, 2.24) is 0 Å². The summed E-state index contributed by atoms with van der Waals surface area (Å²) in [5.41, 5.74) is 0. The van der Waals surface area contributed by atoms with Crippen LogP contribution in [0.1, 0.15) is 1.37 Å². The van der Waals surface area contributed by atoms with Gasteiger partial charge in [0.25, 0.3) is 0 Å². The van der Waals surface area contributed by atoms with E-state index in [0.29, 0.717) is 0 Å². The highest BCUT2D eigenvalue weighted by atomic mass is 32.1. The number of rotatable bonds is 0. The fourth-order valence-electron chi connectivity index (χ4n) is 0.160. The van der Waals surface area contributed by atoms with Gasteiger partial charge in [0.1, 0.15) is 7.85 Å². The third-order valence-electron chi connectivity index (χ3n) is 0.382. The molecule has 0 bridgehead atoms. The molecule has 0 aromatic heterocycles. The molecule has 0 aromatic carbocycles. The van der Waals surface area contributed by atoms with E-state index in [-0.39, 0.29) is 6.05 Å². The highest BCUT2D eigenvalue weighted by molar-refractivity contribution is 7.47. The topological polar surface area (TPSA) is 12.4 Å². The Balaban J connectivity index is 4.05. The van der Waals surface area contributed by atoms with E-state index in [1.807, 2.05) is 0 Å². The zero-order valence-electron chi connectivity index (χ0n) is 5.51. The van der Waals surface area contributed by atoms with Crippen LogP contribution in [0.2, 0.25) is 0 Å². The Labute approximate surface area is 62.5 Å². The van der Waals surface area contributed by atoms with E-state index in [4.69, 9.17) is 9.22 Å². The Bertz CT molecular complexity index is 263. The van der Waals surface area contributed by atoms with Crippen LogP contribution >= 0.6 is 0 Å². The predicted molar refractivity (Wildman–Crippen MR) is 40.2 cm³/mol. The maximum atomic E-state index is 6.89. The lowest BCUT2D eigenvalue weighted by Gasteiger charge is -1.57. The van der Waals surface area contributed by atoms with Crippen molar-refractivity contribution in [2.45, 2.75) is 0 Å². The van der Waals surface area contributed by atoms with E-state index in [9.17, 15) is 0 Å². The predicted octanol–water partition coefficient (Wildman–Crippen LogP) is 0.363. The van der Waals surface area contributed by atoms with Gasteiger partial charge < -0.3 is 0 Å². The summed E-state index contributed by atoms with van der Waals surface area (Å²) in [6.07, 6.45) is 0. The zero-order chi connectivity index (χ0) is 7.82. The van der Waals surface area contributed by atoms with Gasteiger partial charge >= 0.3 is 0 Å². The summed E-state index contributed by atoms with van der Waals surface area (Å²) in [5.74, 6) is 8.05. The lowest BCUT2D eigenvalue weighted by Crippen LogP contribution is -1.51. The molecule has 0 aliphatic rings. The lowest BCUT2D eigenvalue weighted by atomic mass is 10.1. The molecule has 0 aliphatic heterocycles. The summed E-state index contributed by atoms with van der Waals surface area (Å²) in [4.78, 5) is 0. The van der Waals surface area contributed by atoms with Crippen LogP contribution < -0.4 is 0 Å². The average molecular weight is 132 g/mol. The Hall–Kier alpha value is -1.06. The van der Waals surface area contributed by atoms with Gasteiger partial charge in [-0.2, -0.15) is 0 Å². The SMILES string of the molecule is [2H]C(C#CC#CN=S)=C[B]. The molecule has 0 fully saturated rings. The zero-order valence-corrected chi connectivity index (χ0v) is 5.33. The summed E-state index contributed by atoms with van der Waals surface area (Å²) < 4.78 is 9.96. The van der Waals surface area contributed by atoms with E-state index in [0.717, 1.165) is 5.98 Å². The third-order valence-corrected chi connectivity index (χ3v) is 0.473. The molecular formula is C6H2BNS. The van der Waals surface area contributed by atoms with Crippen LogP contribution in [0, 0.1) is 23.8 Å². The normalized spacial score (nSPS) is 9.33. The van der Waals surface area contributed by atoms with Gasteiger partial charge in [0.05, 0.1) is 19.8 Å². The van der Waals surface area contributed by atoms with Crippen LogP contribution in [-0.4, -0.2) is 7.85 Å².